The molecule has 3 aromatic rings. The fraction of sp³-hybridized carbons (Fsp3) is 0.208. The zero-order chi connectivity index (χ0) is 26.1. The number of halogens is 1. The number of urea groups is 1. The van der Waals surface area contributed by atoms with E-state index in [0.29, 0.717) is 35.8 Å². The average Bonchev–Trinajstić information content (AvgIpc) is 3.47. The second kappa shape index (κ2) is 9.85. The second-order valence-corrected chi connectivity index (χ2v) is 9.03. The Labute approximate surface area is 212 Å². The third-order valence-corrected chi connectivity index (χ3v) is 6.54. The number of hydrogen-bond donors (Lipinski definition) is 3. The smallest absolute Gasteiger partial charge is 0.355 e. The number of anilines is 1. The van der Waals surface area contributed by atoms with Crippen LogP contribution in [0.1, 0.15) is 27.7 Å². The molecule has 4 amide bonds. The number of carbonyl (C=O) groups excluding carboxylic acids is 3. The number of carbonyl (C=O) groups is 4. The summed E-state index contributed by atoms with van der Waals surface area (Å²) in [6.45, 7) is 0.736. The molecule has 1 aromatic heterocycles. The maximum absolute atomic E-state index is 13.5. The molecule has 3 N–H and O–H groups in total. The molecule has 1 saturated heterocycles. The summed E-state index contributed by atoms with van der Waals surface area (Å²) in [5.74, 6) is -2.24. The number of carboxylic acid groups (broad SMARTS) is 1. The van der Waals surface area contributed by atoms with Crippen LogP contribution in [0.2, 0.25) is 0 Å². The molecule has 0 bridgehead atoms. The molecule has 2 aliphatic rings. The molecule has 0 spiro atoms. The van der Waals surface area contributed by atoms with Gasteiger partial charge in [-0.3, -0.25) is 9.59 Å². The summed E-state index contributed by atoms with van der Waals surface area (Å²) in [6, 6.07) is 6.94. The molecule has 3 heterocycles. The lowest BCUT2D eigenvalue weighted by atomic mass is 10.0. The predicted molar refractivity (Wildman–Crippen MR) is 127 cm³/mol. The number of hydrogen-bond acceptors (Lipinski definition) is 8. The SMILES string of the molecule is O=C(O)c1csc(NC(=O)[C@H](Cc2ccc(F)cc2)N2C(=O)N[C@H](c3ccc4c(c3)OCCO4)C2=O)n1. The van der Waals surface area contributed by atoms with Crippen LogP contribution in [-0.4, -0.2) is 58.1 Å². The Kier molecular flexibility index (Phi) is 6.44. The van der Waals surface area contributed by atoms with Gasteiger partial charge in [0, 0.05) is 11.8 Å². The highest BCUT2D eigenvalue weighted by atomic mass is 32.1. The van der Waals surface area contributed by atoms with Crippen molar-refractivity contribution >= 4 is 40.3 Å². The van der Waals surface area contributed by atoms with Crippen LogP contribution < -0.4 is 20.1 Å². The van der Waals surface area contributed by atoms with Gasteiger partial charge in [-0.2, -0.15) is 0 Å². The van der Waals surface area contributed by atoms with Gasteiger partial charge in [0.05, 0.1) is 0 Å². The molecule has 1 fully saturated rings. The van der Waals surface area contributed by atoms with Crippen molar-refractivity contribution in [1.29, 1.82) is 0 Å². The summed E-state index contributed by atoms with van der Waals surface area (Å²) < 4.78 is 24.5. The zero-order valence-corrected chi connectivity index (χ0v) is 19.8. The van der Waals surface area contributed by atoms with Gasteiger partial charge in [0.25, 0.3) is 5.91 Å². The number of thiazole rings is 1. The first-order valence-corrected chi connectivity index (χ1v) is 12.0. The molecule has 0 saturated carbocycles. The lowest BCUT2D eigenvalue weighted by Gasteiger charge is -2.24. The van der Waals surface area contributed by atoms with Crippen molar-refractivity contribution in [2.45, 2.75) is 18.5 Å². The van der Waals surface area contributed by atoms with E-state index >= 15 is 0 Å². The summed E-state index contributed by atoms with van der Waals surface area (Å²) in [5, 5.41) is 15.4. The van der Waals surface area contributed by atoms with Gasteiger partial charge in [0.15, 0.2) is 22.3 Å². The number of ether oxygens (including phenoxy) is 2. The van der Waals surface area contributed by atoms with E-state index in [9.17, 15) is 23.6 Å². The number of benzene rings is 2. The van der Waals surface area contributed by atoms with E-state index in [1.54, 1.807) is 18.2 Å². The number of nitrogens with zero attached hydrogens (tertiary/aromatic N) is 2. The summed E-state index contributed by atoms with van der Waals surface area (Å²) >= 11 is 0.883. The maximum atomic E-state index is 13.5. The Hall–Kier alpha value is -4.52. The van der Waals surface area contributed by atoms with Crippen molar-refractivity contribution in [3.63, 3.8) is 0 Å². The number of imide groups is 1. The molecule has 2 aliphatic heterocycles. The van der Waals surface area contributed by atoms with Gasteiger partial charge < -0.3 is 25.2 Å². The van der Waals surface area contributed by atoms with E-state index in [-0.39, 0.29) is 17.2 Å². The highest BCUT2D eigenvalue weighted by Gasteiger charge is 2.45. The van der Waals surface area contributed by atoms with Crippen molar-refractivity contribution in [3.8, 4) is 11.5 Å². The number of carboxylic acids is 1. The van der Waals surface area contributed by atoms with Crippen LogP contribution in [-0.2, 0) is 16.0 Å². The van der Waals surface area contributed by atoms with E-state index in [2.05, 4.69) is 15.6 Å². The summed E-state index contributed by atoms with van der Waals surface area (Å²) in [5.41, 5.74) is 0.677. The highest BCUT2D eigenvalue weighted by Crippen LogP contribution is 2.35. The van der Waals surface area contributed by atoms with E-state index < -0.39 is 41.7 Å². The number of aromatic carboxylic acids is 1. The van der Waals surface area contributed by atoms with E-state index in [1.807, 2.05) is 0 Å². The third-order valence-electron chi connectivity index (χ3n) is 5.78. The number of aromatic nitrogens is 1. The predicted octanol–water partition coefficient (Wildman–Crippen LogP) is 2.59. The van der Waals surface area contributed by atoms with Crippen LogP contribution in [0.25, 0.3) is 0 Å². The molecule has 5 rings (SSSR count). The zero-order valence-electron chi connectivity index (χ0n) is 19.0. The molecule has 37 heavy (non-hydrogen) atoms. The van der Waals surface area contributed by atoms with Crippen LogP contribution in [0.4, 0.5) is 14.3 Å². The Morgan fingerprint density at radius 1 is 1.16 bits per heavy atom. The fourth-order valence-corrected chi connectivity index (χ4v) is 4.70. The lowest BCUT2D eigenvalue weighted by molar-refractivity contribution is -0.134. The summed E-state index contributed by atoms with van der Waals surface area (Å²) in [7, 11) is 0. The summed E-state index contributed by atoms with van der Waals surface area (Å²) in [6.07, 6.45) is -0.115. The molecule has 0 aliphatic carbocycles. The first-order chi connectivity index (χ1) is 17.8. The molecule has 190 valence electrons. The minimum atomic E-state index is -1.34. The van der Waals surface area contributed by atoms with Crippen molar-refractivity contribution in [1.82, 2.24) is 15.2 Å². The van der Waals surface area contributed by atoms with Crippen LogP contribution in [0.5, 0.6) is 11.5 Å². The number of nitrogens with one attached hydrogen (secondary N) is 2. The van der Waals surface area contributed by atoms with Gasteiger partial charge in [-0.1, -0.05) is 18.2 Å². The maximum Gasteiger partial charge on any atom is 0.355 e. The number of amides is 4. The molecule has 0 radical (unpaired) electrons. The minimum Gasteiger partial charge on any atom is -0.486 e. The van der Waals surface area contributed by atoms with Crippen LogP contribution in [0, 0.1) is 5.82 Å². The topological polar surface area (TPSA) is 147 Å². The Morgan fingerprint density at radius 2 is 1.89 bits per heavy atom. The molecular formula is C24H19FN4O7S. The van der Waals surface area contributed by atoms with Crippen molar-refractivity contribution in [2.75, 3.05) is 18.5 Å². The number of fused-ring (bicyclic) bond motifs is 1. The first-order valence-electron chi connectivity index (χ1n) is 11.1. The second-order valence-electron chi connectivity index (χ2n) is 8.17. The van der Waals surface area contributed by atoms with E-state index in [1.165, 1.54) is 29.6 Å². The van der Waals surface area contributed by atoms with Crippen LogP contribution in [0.15, 0.2) is 47.8 Å². The van der Waals surface area contributed by atoms with Gasteiger partial charge in [-0.15, -0.1) is 11.3 Å². The normalized spacial score (nSPS) is 17.3. The van der Waals surface area contributed by atoms with Crippen LogP contribution >= 0.6 is 11.3 Å². The molecule has 13 heteroatoms. The van der Waals surface area contributed by atoms with Gasteiger partial charge in [-0.05, 0) is 35.4 Å². The van der Waals surface area contributed by atoms with Gasteiger partial charge in [0.1, 0.15) is 31.1 Å². The molecule has 2 atom stereocenters. The molecule has 2 aromatic carbocycles. The lowest BCUT2D eigenvalue weighted by Crippen LogP contribution is -2.49. The van der Waals surface area contributed by atoms with Crippen molar-refractivity contribution < 1.29 is 38.1 Å². The van der Waals surface area contributed by atoms with Gasteiger partial charge in [0.2, 0.25) is 5.91 Å². The molecule has 11 nitrogen and oxygen atoms in total. The number of rotatable bonds is 7. The van der Waals surface area contributed by atoms with E-state index in [4.69, 9.17) is 14.6 Å². The first kappa shape index (κ1) is 24.2. The van der Waals surface area contributed by atoms with E-state index in [0.717, 1.165) is 16.2 Å². The Bertz CT molecular complexity index is 1390. The van der Waals surface area contributed by atoms with Crippen molar-refractivity contribution in [2.24, 2.45) is 0 Å². The quantitative estimate of drug-likeness (QED) is 0.398. The third kappa shape index (κ3) is 4.93. The molecule has 0 unspecified atom stereocenters. The fourth-order valence-electron chi connectivity index (χ4n) is 4.02. The van der Waals surface area contributed by atoms with Crippen molar-refractivity contribution in [3.05, 3.63) is 70.5 Å². The van der Waals surface area contributed by atoms with Crippen LogP contribution in [0.3, 0.4) is 0 Å². The Balaban J connectivity index is 1.43. The summed E-state index contributed by atoms with van der Waals surface area (Å²) in [4.78, 5) is 55.5. The minimum absolute atomic E-state index is 0.0121. The largest absolute Gasteiger partial charge is 0.486 e. The Morgan fingerprint density at radius 3 is 2.59 bits per heavy atom. The monoisotopic (exact) mass is 526 g/mol. The van der Waals surface area contributed by atoms with Gasteiger partial charge >= 0.3 is 12.0 Å². The van der Waals surface area contributed by atoms with Gasteiger partial charge in [-0.25, -0.2) is 23.9 Å². The average molecular weight is 527 g/mol. The molecular weight excluding hydrogens is 507 g/mol. The highest BCUT2D eigenvalue weighted by molar-refractivity contribution is 7.14. The standard InChI is InChI=1S/C24H19FN4O7S/c25-14-4-1-12(2-5-14)9-16(20(30)28-23-26-15(11-37-23)22(32)33)29-21(31)19(27-24(29)34)13-3-6-17-18(10-13)36-8-7-35-17/h1-6,10-11,16,19H,7-9H2,(H,27,34)(H,32,33)(H,26,28,30)/t16-,19+/m0/s1.